The largest absolute Gasteiger partial charge is 0.379 e. The number of ether oxygens (including phenoxy) is 1. The molecule has 0 spiro atoms. The Balaban J connectivity index is 2.06. The highest BCUT2D eigenvalue weighted by Gasteiger charge is 2.35. The zero-order chi connectivity index (χ0) is 13.7. The molecule has 4 nitrogen and oxygen atoms in total. The van der Waals surface area contributed by atoms with Crippen LogP contribution in [0.2, 0.25) is 0 Å². The summed E-state index contributed by atoms with van der Waals surface area (Å²) in [6.07, 6.45) is 0.932. The van der Waals surface area contributed by atoms with Crippen molar-refractivity contribution in [2.24, 2.45) is 5.84 Å². The standard InChI is InChI=1S/C15H25N3O/c1-15(2,18-8-10-19-11-9-18)14(17-16)12-13-6-4-3-5-7-13/h3-7,14,17H,8-12,16H2,1-2H3. The van der Waals surface area contributed by atoms with E-state index in [1.165, 1.54) is 5.56 Å². The van der Waals surface area contributed by atoms with Gasteiger partial charge in [-0.2, -0.15) is 0 Å². The van der Waals surface area contributed by atoms with Gasteiger partial charge in [0.1, 0.15) is 0 Å². The van der Waals surface area contributed by atoms with Crippen LogP contribution in [-0.4, -0.2) is 42.8 Å². The molecule has 1 fully saturated rings. The molecule has 0 aliphatic carbocycles. The first-order valence-corrected chi connectivity index (χ1v) is 6.97. The number of hydrogen-bond acceptors (Lipinski definition) is 4. The molecule has 1 aromatic rings. The number of hydrazine groups is 1. The van der Waals surface area contributed by atoms with Gasteiger partial charge in [0.2, 0.25) is 0 Å². The first-order chi connectivity index (χ1) is 9.14. The SMILES string of the molecule is CC(C)(C(Cc1ccccc1)NN)N1CCOCC1. The van der Waals surface area contributed by atoms with E-state index in [9.17, 15) is 0 Å². The molecule has 1 saturated heterocycles. The van der Waals surface area contributed by atoms with E-state index in [1.807, 2.05) is 6.07 Å². The Morgan fingerprint density at radius 1 is 1.26 bits per heavy atom. The summed E-state index contributed by atoms with van der Waals surface area (Å²) in [5, 5.41) is 0. The first-order valence-electron chi connectivity index (χ1n) is 6.97. The molecular weight excluding hydrogens is 238 g/mol. The van der Waals surface area contributed by atoms with Crippen LogP contribution in [-0.2, 0) is 11.2 Å². The van der Waals surface area contributed by atoms with Crippen LogP contribution in [0, 0.1) is 0 Å². The molecule has 3 N–H and O–H groups in total. The van der Waals surface area contributed by atoms with E-state index >= 15 is 0 Å². The Morgan fingerprint density at radius 3 is 2.47 bits per heavy atom. The van der Waals surface area contributed by atoms with Crippen LogP contribution in [0.5, 0.6) is 0 Å². The minimum absolute atomic E-state index is 0.00830. The lowest BCUT2D eigenvalue weighted by Crippen LogP contribution is -2.62. The summed E-state index contributed by atoms with van der Waals surface area (Å²) in [7, 11) is 0. The average molecular weight is 263 g/mol. The summed E-state index contributed by atoms with van der Waals surface area (Å²) in [5.74, 6) is 5.81. The Labute approximate surface area is 115 Å². The van der Waals surface area contributed by atoms with Crippen molar-refractivity contribution < 1.29 is 4.74 Å². The summed E-state index contributed by atoms with van der Waals surface area (Å²) in [5.41, 5.74) is 4.33. The Hall–Kier alpha value is -0.940. The monoisotopic (exact) mass is 263 g/mol. The molecule has 19 heavy (non-hydrogen) atoms. The maximum absolute atomic E-state index is 5.81. The summed E-state index contributed by atoms with van der Waals surface area (Å²) >= 11 is 0. The second-order valence-electron chi connectivity index (χ2n) is 5.66. The maximum atomic E-state index is 5.81. The molecule has 2 rings (SSSR count). The number of hydrogen-bond donors (Lipinski definition) is 2. The molecule has 1 heterocycles. The van der Waals surface area contributed by atoms with E-state index in [1.54, 1.807) is 0 Å². The summed E-state index contributed by atoms with van der Waals surface area (Å²) in [6.45, 7) is 8.08. The van der Waals surface area contributed by atoms with Gasteiger partial charge < -0.3 is 4.74 Å². The number of nitrogens with zero attached hydrogens (tertiary/aromatic N) is 1. The van der Waals surface area contributed by atoms with E-state index in [-0.39, 0.29) is 11.6 Å². The number of morpholine rings is 1. The predicted octanol–water partition coefficient (Wildman–Crippen LogP) is 1.17. The minimum Gasteiger partial charge on any atom is -0.379 e. The van der Waals surface area contributed by atoms with Gasteiger partial charge in [-0.05, 0) is 25.8 Å². The highest BCUT2D eigenvalue weighted by atomic mass is 16.5. The highest BCUT2D eigenvalue weighted by molar-refractivity contribution is 5.17. The Morgan fingerprint density at radius 2 is 1.89 bits per heavy atom. The number of nitrogens with two attached hydrogens (primary N) is 1. The van der Waals surface area contributed by atoms with E-state index in [4.69, 9.17) is 10.6 Å². The van der Waals surface area contributed by atoms with Crippen LogP contribution >= 0.6 is 0 Å². The van der Waals surface area contributed by atoms with E-state index in [0.717, 1.165) is 32.7 Å². The Kier molecular flexibility index (Phi) is 4.93. The molecule has 1 aliphatic rings. The lowest BCUT2D eigenvalue weighted by atomic mass is 9.87. The third kappa shape index (κ3) is 3.54. The zero-order valence-corrected chi connectivity index (χ0v) is 11.9. The van der Waals surface area contributed by atoms with Gasteiger partial charge in [-0.1, -0.05) is 30.3 Å². The van der Waals surface area contributed by atoms with Gasteiger partial charge in [0.05, 0.1) is 13.2 Å². The van der Waals surface area contributed by atoms with Crippen LogP contribution in [0.25, 0.3) is 0 Å². The van der Waals surface area contributed by atoms with Gasteiger partial charge in [-0.25, -0.2) is 0 Å². The van der Waals surface area contributed by atoms with Crippen LogP contribution in [0.1, 0.15) is 19.4 Å². The summed E-state index contributed by atoms with van der Waals surface area (Å²) in [6, 6.07) is 10.7. The van der Waals surface area contributed by atoms with Crippen molar-refractivity contribution in [3.63, 3.8) is 0 Å². The van der Waals surface area contributed by atoms with Crippen LogP contribution < -0.4 is 11.3 Å². The number of rotatable bonds is 5. The second kappa shape index (κ2) is 6.48. The quantitative estimate of drug-likeness (QED) is 0.618. The van der Waals surface area contributed by atoms with Crippen molar-refractivity contribution in [1.82, 2.24) is 10.3 Å². The summed E-state index contributed by atoms with van der Waals surface area (Å²) in [4.78, 5) is 2.46. The van der Waals surface area contributed by atoms with Gasteiger partial charge in [-0.15, -0.1) is 0 Å². The van der Waals surface area contributed by atoms with Gasteiger partial charge >= 0.3 is 0 Å². The third-order valence-corrected chi connectivity index (χ3v) is 4.16. The first kappa shape index (κ1) is 14.5. The van der Waals surface area contributed by atoms with Crippen LogP contribution in [0.4, 0.5) is 0 Å². The number of benzene rings is 1. The predicted molar refractivity (Wildman–Crippen MR) is 77.7 cm³/mol. The molecule has 1 atom stereocenters. The molecule has 1 aliphatic heterocycles. The van der Waals surface area contributed by atoms with Crippen LogP contribution in [0.3, 0.4) is 0 Å². The minimum atomic E-state index is 0.00830. The van der Waals surface area contributed by atoms with E-state index in [2.05, 4.69) is 48.4 Å². The van der Waals surface area contributed by atoms with Crippen LogP contribution in [0.15, 0.2) is 30.3 Å². The fraction of sp³-hybridized carbons (Fsp3) is 0.600. The van der Waals surface area contributed by atoms with Crippen molar-refractivity contribution in [3.05, 3.63) is 35.9 Å². The fourth-order valence-corrected chi connectivity index (χ4v) is 2.72. The Bertz CT molecular complexity index is 374. The zero-order valence-electron chi connectivity index (χ0n) is 11.9. The van der Waals surface area contributed by atoms with Crippen molar-refractivity contribution >= 4 is 0 Å². The molecule has 106 valence electrons. The van der Waals surface area contributed by atoms with Crippen molar-refractivity contribution in [1.29, 1.82) is 0 Å². The van der Waals surface area contributed by atoms with E-state index in [0.29, 0.717) is 0 Å². The molecule has 1 unspecified atom stereocenters. The molecule has 0 bridgehead atoms. The van der Waals surface area contributed by atoms with Crippen molar-refractivity contribution in [3.8, 4) is 0 Å². The molecular formula is C15H25N3O. The van der Waals surface area contributed by atoms with Gasteiger partial charge in [0, 0.05) is 24.7 Å². The van der Waals surface area contributed by atoms with E-state index < -0.39 is 0 Å². The smallest absolute Gasteiger partial charge is 0.0594 e. The molecule has 0 saturated carbocycles. The topological polar surface area (TPSA) is 50.5 Å². The fourth-order valence-electron chi connectivity index (χ4n) is 2.72. The van der Waals surface area contributed by atoms with Gasteiger partial charge in [-0.3, -0.25) is 16.2 Å². The molecule has 4 heteroatoms. The maximum Gasteiger partial charge on any atom is 0.0594 e. The molecule has 1 aromatic carbocycles. The lowest BCUT2D eigenvalue weighted by molar-refractivity contribution is -0.0233. The highest BCUT2D eigenvalue weighted by Crippen LogP contribution is 2.22. The third-order valence-electron chi connectivity index (χ3n) is 4.16. The summed E-state index contributed by atoms with van der Waals surface area (Å²) < 4.78 is 5.43. The molecule has 0 amide bonds. The molecule has 0 aromatic heterocycles. The second-order valence-corrected chi connectivity index (χ2v) is 5.66. The van der Waals surface area contributed by atoms with Gasteiger partial charge in [0.25, 0.3) is 0 Å². The van der Waals surface area contributed by atoms with Crippen molar-refractivity contribution in [2.75, 3.05) is 26.3 Å². The van der Waals surface area contributed by atoms with Gasteiger partial charge in [0.15, 0.2) is 0 Å². The number of nitrogens with one attached hydrogen (secondary N) is 1. The normalized spacial score (nSPS) is 19.3. The molecule has 0 radical (unpaired) electrons. The lowest BCUT2D eigenvalue weighted by Gasteiger charge is -2.45. The average Bonchev–Trinajstić information content (AvgIpc) is 2.46. The van der Waals surface area contributed by atoms with Crippen molar-refractivity contribution in [2.45, 2.75) is 31.8 Å².